The van der Waals surface area contributed by atoms with Gasteiger partial charge in [-0.25, -0.2) is 9.89 Å². The Morgan fingerprint density at radius 3 is 2.55 bits per heavy atom. The molecule has 0 unspecified atom stereocenters. The van der Waals surface area contributed by atoms with Gasteiger partial charge in [0.25, 0.3) is 11.5 Å². The van der Waals surface area contributed by atoms with Crippen LogP contribution in [0, 0.1) is 20.8 Å². The molecule has 1 amide bonds. The normalized spacial score (nSPS) is 11.2. The lowest BCUT2D eigenvalue weighted by atomic mass is 10.1. The molecule has 0 aliphatic heterocycles. The summed E-state index contributed by atoms with van der Waals surface area (Å²) in [6, 6.07) is 13.2. The number of Topliss-reactive ketones (excluding diaryl/α,β-unsaturated/α-hetero) is 1. The minimum absolute atomic E-state index is 0.00608. The molecule has 38 heavy (non-hydrogen) atoms. The van der Waals surface area contributed by atoms with E-state index in [1.807, 2.05) is 0 Å². The van der Waals surface area contributed by atoms with E-state index in [1.165, 1.54) is 4.68 Å². The number of fused-ring (bicyclic) bond motifs is 2. The number of hydrogen-bond acceptors (Lipinski definition) is 7. The molecule has 5 rings (SSSR count). The largest absolute Gasteiger partial charge is 0.451 e. The summed E-state index contributed by atoms with van der Waals surface area (Å²) in [4.78, 5) is 50.7. The quantitative estimate of drug-likeness (QED) is 0.243. The highest BCUT2D eigenvalue weighted by Crippen LogP contribution is 2.28. The summed E-state index contributed by atoms with van der Waals surface area (Å²) in [6.45, 7) is 4.53. The zero-order valence-electron chi connectivity index (χ0n) is 20.5. The lowest BCUT2D eigenvalue weighted by Crippen LogP contribution is -2.27. The standard InChI is InChI=1S/C27H21ClN4O6/c1-13-10-20(21(33)12-37-27(36)24-14(2)19-11-16(28)8-9-22(19)38-24)15(3)32(13)31-26(35)23-17-6-4-5-7-18(17)25(34)30-29-23/h4-11H,12H2,1-3H3,(H,30,34)(H,31,35). The Hall–Kier alpha value is -4.70. The Kier molecular flexibility index (Phi) is 6.33. The Morgan fingerprint density at radius 1 is 1.05 bits per heavy atom. The van der Waals surface area contributed by atoms with Crippen molar-refractivity contribution in [2.75, 3.05) is 12.0 Å². The molecule has 10 nitrogen and oxygen atoms in total. The molecular formula is C27H21ClN4O6. The van der Waals surface area contributed by atoms with Crippen LogP contribution in [0.15, 0.2) is 57.7 Å². The number of H-pyrrole nitrogens is 1. The van der Waals surface area contributed by atoms with Gasteiger partial charge in [0.1, 0.15) is 5.58 Å². The van der Waals surface area contributed by atoms with E-state index in [-0.39, 0.29) is 17.0 Å². The zero-order chi connectivity index (χ0) is 27.1. The van der Waals surface area contributed by atoms with Crippen molar-refractivity contribution in [2.24, 2.45) is 0 Å². The molecule has 2 N–H and O–H groups in total. The highest BCUT2D eigenvalue weighted by molar-refractivity contribution is 6.31. The molecule has 3 aromatic heterocycles. The molecule has 2 aromatic carbocycles. The number of rotatable bonds is 6. The maximum atomic E-state index is 13.0. The number of benzene rings is 2. The van der Waals surface area contributed by atoms with E-state index in [1.54, 1.807) is 69.3 Å². The van der Waals surface area contributed by atoms with Gasteiger partial charge in [-0.1, -0.05) is 29.8 Å². The SMILES string of the molecule is Cc1c(C(=O)OCC(=O)c2cc(C)n(NC(=O)c3n[nH]c(=O)c4ccccc34)c2C)oc2ccc(Cl)cc12. The van der Waals surface area contributed by atoms with E-state index in [9.17, 15) is 19.2 Å². The molecule has 5 aromatic rings. The number of hydrogen-bond donors (Lipinski definition) is 2. The second-order valence-electron chi connectivity index (χ2n) is 8.70. The number of ether oxygens (including phenoxy) is 1. The van der Waals surface area contributed by atoms with Crippen LogP contribution in [0.25, 0.3) is 21.7 Å². The van der Waals surface area contributed by atoms with E-state index in [0.29, 0.717) is 43.7 Å². The number of nitrogens with zero attached hydrogens (tertiary/aromatic N) is 2. The van der Waals surface area contributed by atoms with Crippen molar-refractivity contribution in [3.63, 3.8) is 0 Å². The Balaban J connectivity index is 1.33. The summed E-state index contributed by atoms with van der Waals surface area (Å²) in [5.74, 6) is -1.82. The van der Waals surface area contributed by atoms with Crippen molar-refractivity contribution < 1.29 is 23.5 Å². The zero-order valence-corrected chi connectivity index (χ0v) is 21.3. The fourth-order valence-corrected chi connectivity index (χ4v) is 4.49. The summed E-state index contributed by atoms with van der Waals surface area (Å²) >= 11 is 6.03. The van der Waals surface area contributed by atoms with Crippen LogP contribution in [-0.4, -0.2) is 39.1 Å². The van der Waals surface area contributed by atoms with E-state index < -0.39 is 29.8 Å². The topological polar surface area (TPSA) is 136 Å². The average Bonchev–Trinajstić information content (AvgIpc) is 3.38. The molecule has 0 aliphatic rings. The summed E-state index contributed by atoms with van der Waals surface area (Å²) in [5, 5.41) is 8.13. The molecule has 0 fully saturated rings. The number of halogens is 1. The van der Waals surface area contributed by atoms with Crippen LogP contribution < -0.4 is 11.0 Å². The average molecular weight is 533 g/mol. The van der Waals surface area contributed by atoms with Crippen molar-refractivity contribution in [3.8, 4) is 0 Å². The van der Waals surface area contributed by atoms with Crippen LogP contribution >= 0.6 is 11.6 Å². The van der Waals surface area contributed by atoms with Gasteiger partial charge in [-0.05, 0) is 51.1 Å². The van der Waals surface area contributed by atoms with Gasteiger partial charge < -0.3 is 9.15 Å². The molecule has 192 valence electrons. The fourth-order valence-electron chi connectivity index (χ4n) is 4.32. The molecule has 0 saturated carbocycles. The lowest BCUT2D eigenvalue weighted by molar-refractivity contribution is 0.0445. The third-order valence-electron chi connectivity index (χ3n) is 6.27. The minimum Gasteiger partial charge on any atom is -0.451 e. The predicted molar refractivity (Wildman–Crippen MR) is 141 cm³/mol. The number of amides is 1. The number of furan rings is 1. The van der Waals surface area contributed by atoms with Crippen molar-refractivity contribution in [1.82, 2.24) is 14.9 Å². The van der Waals surface area contributed by atoms with Gasteiger partial charge in [0, 0.05) is 38.3 Å². The van der Waals surface area contributed by atoms with E-state index >= 15 is 0 Å². The molecule has 0 radical (unpaired) electrons. The van der Waals surface area contributed by atoms with E-state index in [4.69, 9.17) is 20.8 Å². The van der Waals surface area contributed by atoms with Crippen LogP contribution in [0.4, 0.5) is 0 Å². The molecule has 3 heterocycles. The number of aryl methyl sites for hydroxylation is 2. The summed E-state index contributed by atoms with van der Waals surface area (Å²) in [5.41, 5.74) is 4.62. The third kappa shape index (κ3) is 4.35. The number of carbonyl (C=O) groups excluding carboxylic acids is 3. The van der Waals surface area contributed by atoms with E-state index in [0.717, 1.165) is 0 Å². The van der Waals surface area contributed by atoms with Crippen LogP contribution in [0.3, 0.4) is 0 Å². The number of aromatic amines is 1. The van der Waals surface area contributed by atoms with Gasteiger partial charge in [-0.2, -0.15) is 5.10 Å². The maximum Gasteiger partial charge on any atom is 0.375 e. The van der Waals surface area contributed by atoms with Gasteiger partial charge in [0.05, 0.1) is 5.39 Å². The Morgan fingerprint density at radius 2 is 1.79 bits per heavy atom. The number of ketones is 1. The maximum absolute atomic E-state index is 13.0. The van der Waals surface area contributed by atoms with Crippen LogP contribution in [0.5, 0.6) is 0 Å². The molecule has 0 saturated heterocycles. The lowest BCUT2D eigenvalue weighted by Gasteiger charge is -2.12. The van der Waals surface area contributed by atoms with Crippen molar-refractivity contribution >= 4 is 51.0 Å². The van der Waals surface area contributed by atoms with Gasteiger partial charge in [-0.15, -0.1) is 0 Å². The molecule has 0 atom stereocenters. The summed E-state index contributed by atoms with van der Waals surface area (Å²) in [6.07, 6.45) is 0. The van der Waals surface area contributed by atoms with Gasteiger partial charge >= 0.3 is 5.97 Å². The number of aromatic nitrogens is 3. The summed E-state index contributed by atoms with van der Waals surface area (Å²) < 4.78 is 12.3. The van der Waals surface area contributed by atoms with E-state index in [2.05, 4.69) is 15.6 Å². The van der Waals surface area contributed by atoms with Crippen LogP contribution in [0.1, 0.15) is 48.4 Å². The van der Waals surface area contributed by atoms with Crippen LogP contribution in [0.2, 0.25) is 5.02 Å². The number of esters is 1. The van der Waals surface area contributed by atoms with Gasteiger partial charge in [-0.3, -0.25) is 24.5 Å². The monoisotopic (exact) mass is 532 g/mol. The first-order valence-corrected chi connectivity index (χ1v) is 11.9. The minimum atomic E-state index is -0.777. The Labute approximate surface area is 220 Å². The first-order chi connectivity index (χ1) is 18.2. The number of nitrogens with one attached hydrogen (secondary N) is 2. The molecular weight excluding hydrogens is 512 g/mol. The van der Waals surface area contributed by atoms with Gasteiger partial charge in [0.15, 0.2) is 12.3 Å². The van der Waals surface area contributed by atoms with Crippen molar-refractivity contribution in [3.05, 3.63) is 97.9 Å². The predicted octanol–water partition coefficient (Wildman–Crippen LogP) is 4.47. The summed E-state index contributed by atoms with van der Waals surface area (Å²) in [7, 11) is 0. The van der Waals surface area contributed by atoms with Crippen molar-refractivity contribution in [1.29, 1.82) is 0 Å². The highest BCUT2D eigenvalue weighted by atomic mass is 35.5. The molecule has 0 bridgehead atoms. The molecule has 11 heteroatoms. The fraction of sp³-hybridized carbons (Fsp3) is 0.148. The number of carbonyl (C=O) groups is 3. The second kappa shape index (κ2) is 9.64. The molecule has 0 aliphatic carbocycles. The van der Waals surface area contributed by atoms with Crippen molar-refractivity contribution in [2.45, 2.75) is 20.8 Å². The third-order valence-corrected chi connectivity index (χ3v) is 6.51. The second-order valence-corrected chi connectivity index (χ2v) is 9.14. The van der Waals surface area contributed by atoms with Gasteiger partial charge in [0.2, 0.25) is 11.5 Å². The highest BCUT2D eigenvalue weighted by Gasteiger charge is 2.23. The van der Waals surface area contributed by atoms with Crippen LogP contribution in [-0.2, 0) is 4.74 Å². The smallest absolute Gasteiger partial charge is 0.375 e. The Bertz CT molecular complexity index is 1830. The molecule has 0 spiro atoms. The first-order valence-electron chi connectivity index (χ1n) is 11.5. The first kappa shape index (κ1) is 25.0.